The van der Waals surface area contributed by atoms with Crippen molar-refractivity contribution in [2.24, 2.45) is 0 Å². The predicted molar refractivity (Wildman–Crippen MR) is 100 cm³/mol. The van der Waals surface area contributed by atoms with Gasteiger partial charge in [-0.2, -0.15) is 0 Å². The number of hydrogen-bond donors (Lipinski definition) is 0. The van der Waals surface area contributed by atoms with Crippen LogP contribution in [0.25, 0.3) is 0 Å². The third kappa shape index (κ3) is 4.49. The number of benzene rings is 2. The number of carbonyl (C=O) groups excluding carboxylic acids is 2. The van der Waals surface area contributed by atoms with Gasteiger partial charge in [-0.1, -0.05) is 42.0 Å². The number of esters is 1. The fourth-order valence-electron chi connectivity index (χ4n) is 3.12. The second-order valence-corrected chi connectivity index (χ2v) is 6.64. The number of aryl methyl sites for hydroxylation is 1. The van der Waals surface area contributed by atoms with E-state index in [0.717, 1.165) is 19.6 Å². The lowest BCUT2D eigenvalue weighted by atomic mass is 10.1. The van der Waals surface area contributed by atoms with Crippen molar-refractivity contribution in [3.63, 3.8) is 0 Å². The van der Waals surface area contributed by atoms with E-state index in [4.69, 9.17) is 4.74 Å². The molecule has 2 aromatic carbocycles. The van der Waals surface area contributed by atoms with Crippen molar-refractivity contribution >= 4 is 11.9 Å². The van der Waals surface area contributed by atoms with Crippen LogP contribution >= 0.6 is 0 Å². The van der Waals surface area contributed by atoms with Crippen LogP contribution in [-0.4, -0.2) is 47.9 Å². The standard InChI is InChI=1S/C21H24N2O3/c1-16-7-9-18(10-8-16)15-22-11-13-23(14-12-22)21(25)19-5-3-4-6-20(19)26-17(2)24/h3-10H,11-15H2,1-2H3. The van der Waals surface area contributed by atoms with Crippen LogP contribution in [0.15, 0.2) is 48.5 Å². The minimum absolute atomic E-state index is 0.0863. The number of amides is 1. The number of para-hydroxylation sites is 1. The van der Waals surface area contributed by atoms with E-state index in [1.54, 1.807) is 24.3 Å². The van der Waals surface area contributed by atoms with Crippen LogP contribution in [0, 0.1) is 6.92 Å². The van der Waals surface area contributed by atoms with Gasteiger partial charge in [-0.05, 0) is 24.6 Å². The zero-order chi connectivity index (χ0) is 18.5. The maximum Gasteiger partial charge on any atom is 0.308 e. The van der Waals surface area contributed by atoms with Gasteiger partial charge in [0.2, 0.25) is 0 Å². The summed E-state index contributed by atoms with van der Waals surface area (Å²) in [4.78, 5) is 28.2. The third-order valence-corrected chi connectivity index (χ3v) is 4.56. The van der Waals surface area contributed by atoms with E-state index in [0.29, 0.717) is 24.4 Å². The van der Waals surface area contributed by atoms with Gasteiger partial charge in [0.05, 0.1) is 5.56 Å². The number of piperazine rings is 1. The SMILES string of the molecule is CC(=O)Oc1ccccc1C(=O)N1CCN(Cc2ccc(C)cc2)CC1. The van der Waals surface area contributed by atoms with Crippen LogP contribution in [0.5, 0.6) is 5.75 Å². The van der Waals surface area contributed by atoms with Crippen molar-refractivity contribution in [3.05, 3.63) is 65.2 Å². The molecule has 1 aliphatic rings. The smallest absolute Gasteiger partial charge is 0.308 e. The van der Waals surface area contributed by atoms with Gasteiger partial charge in [0.25, 0.3) is 5.91 Å². The van der Waals surface area contributed by atoms with Crippen LogP contribution in [0.3, 0.4) is 0 Å². The summed E-state index contributed by atoms with van der Waals surface area (Å²) in [6, 6.07) is 15.5. The molecule has 2 aromatic rings. The number of rotatable bonds is 4. The maximum absolute atomic E-state index is 12.8. The molecule has 3 rings (SSSR count). The van der Waals surface area contributed by atoms with E-state index < -0.39 is 5.97 Å². The first-order valence-electron chi connectivity index (χ1n) is 8.87. The normalized spacial score (nSPS) is 14.9. The summed E-state index contributed by atoms with van der Waals surface area (Å²) in [5.41, 5.74) is 2.99. The fraction of sp³-hybridized carbons (Fsp3) is 0.333. The minimum atomic E-state index is -0.423. The van der Waals surface area contributed by atoms with E-state index in [-0.39, 0.29) is 5.91 Å². The fourth-order valence-corrected chi connectivity index (χ4v) is 3.12. The summed E-state index contributed by atoms with van der Waals surface area (Å²) >= 11 is 0. The molecular formula is C21H24N2O3. The molecule has 26 heavy (non-hydrogen) atoms. The van der Waals surface area contributed by atoms with Crippen LogP contribution < -0.4 is 4.74 Å². The number of hydrogen-bond acceptors (Lipinski definition) is 4. The van der Waals surface area contributed by atoms with Crippen molar-refractivity contribution in [2.75, 3.05) is 26.2 Å². The first-order valence-corrected chi connectivity index (χ1v) is 8.87. The van der Waals surface area contributed by atoms with Crippen molar-refractivity contribution in [2.45, 2.75) is 20.4 Å². The molecule has 5 nitrogen and oxygen atoms in total. The number of ether oxygens (including phenoxy) is 1. The summed E-state index contributed by atoms with van der Waals surface area (Å²) in [6.45, 7) is 7.31. The molecule has 1 fully saturated rings. The largest absolute Gasteiger partial charge is 0.426 e. The molecule has 1 aliphatic heterocycles. The van der Waals surface area contributed by atoms with Gasteiger partial charge < -0.3 is 9.64 Å². The topological polar surface area (TPSA) is 49.9 Å². The number of carbonyl (C=O) groups is 2. The van der Waals surface area contributed by atoms with Crippen molar-refractivity contribution in [1.82, 2.24) is 9.80 Å². The van der Waals surface area contributed by atoms with Crippen LogP contribution in [0.1, 0.15) is 28.4 Å². The third-order valence-electron chi connectivity index (χ3n) is 4.56. The monoisotopic (exact) mass is 352 g/mol. The van der Waals surface area contributed by atoms with Gasteiger partial charge in [-0.25, -0.2) is 0 Å². The molecule has 136 valence electrons. The van der Waals surface area contributed by atoms with Gasteiger partial charge >= 0.3 is 5.97 Å². The Morgan fingerprint density at radius 1 is 0.962 bits per heavy atom. The highest BCUT2D eigenvalue weighted by Gasteiger charge is 2.24. The molecule has 1 amide bonds. The van der Waals surface area contributed by atoms with Gasteiger partial charge in [0.1, 0.15) is 5.75 Å². The summed E-state index contributed by atoms with van der Waals surface area (Å²) in [5.74, 6) is -0.183. The second-order valence-electron chi connectivity index (χ2n) is 6.64. The van der Waals surface area contributed by atoms with Gasteiger partial charge in [0.15, 0.2) is 0 Å². The lowest BCUT2D eigenvalue weighted by Crippen LogP contribution is -2.48. The Balaban J connectivity index is 1.60. The minimum Gasteiger partial charge on any atom is -0.426 e. The van der Waals surface area contributed by atoms with E-state index >= 15 is 0 Å². The van der Waals surface area contributed by atoms with E-state index in [2.05, 4.69) is 36.1 Å². The molecule has 0 aromatic heterocycles. The Kier molecular flexibility index (Phi) is 5.68. The molecule has 0 saturated carbocycles. The van der Waals surface area contributed by atoms with E-state index in [9.17, 15) is 9.59 Å². The second kappa shape index (κ2) is 8.15. The molecule has 5 heteroatoms. The highest BCUT2D eigenvalue weighted by atomic mass is 16.5. The van der Waals surface area contributed by atoms with E-state index in [1.807, 2.05) is 4.90 Å². The number of nitrogens with zero attached hydrogens (tertiary/aromatic N) is 2. The highest BCUT2D eigenvalue weighted by Crippen LogP contribution is 2.21. The molecule has 0 unspecified atom stereocenters. The van der Waals surface area contributed by atoms with Crippen molar-refractivity contribution in [3.8, 4) is 5.75 Å². The zero-order valence-corrected chi connectivity index (χ0v) is 15.3. The Morgan fingerprint density at radius 2 is 1.62 bits per heavy atom. The molecule has 0 N–H and O–H groups in total. The molecule has 0 radical (unpaired) electrons. The van der Waals surface area contributed by atoms with E-state index in [1.165, 1.54) is 18.1 Å². The Labute approximate surface area is 154 Å². The molecule has 0 atom stereocenters. The predicted octanol–water partition coefficient (Wildman–Crippen LogP) is 2.88. The molecule has 0 aliphatic carbocycles. The lowest BCUT2D eigenvalue weighted by molar-refractivity contribution is -0.131. The summed E-state index contributed by atoms with van der Waals surface area (Å²) in [7, 11) is 0. The molecule has 0 bridgehead atoms. The van der Waals surface area contributed by atoms with Crippen LogP contribution in [0.2, 0.25) is 0 Å². The molecule has 0 spiro atoms. The first kappa shape index (κ1) is 18.1. The Bertz CT molecular complexity index is 778. The van der Waals surface area contributed by atoms with Crippen molar-refractivity contribution < 1.29 is 14.3 Å². The molecular weight excluding hydrogens is 328 g/mol. The maximum atomic E-state index is 12.8. The summed E-state index contributed by atoms with van der Waals surface area (Å²) in [5, 5.41) is 0. The highest BCUT2D eigenvalue weighted by molar-refractivity contribution is 5.97. The molecule has 1 heterocycles. The zero-order valence-electron chi connectivity index (χ0n) is 15.3. The molecule has 1 saturated heterocycles. The quantitative estimate of drug-likeness (QED) is 0.627. The summed E-state index contributed by atoms with van der Waals surface area (Å²) in [6.07, 6.45) is 0. The Morgan fingerprint density at radius 3 is 2.27 bits per heavy atom. The average Bonchev–Trinajstić information content (AvgIpc) is 2.64. The lowest BCUT2D eigenvalue weighted by Gasteiger charge is -2.35. The van der Waals surface area contributed by atoms with Crippen molar-refractivity contribution in [1.29, 1.82) is 0 Å². The van der Waals surface area contributed by atoms with Crippen LogP contribution in [0.4, 0.5) is 0 Å². The van der Waals surface area contributed by atoms with Crippen LogP contribution in [-0.2, 0) is 11.3 Å². The Hall–Kier alpha value is -2.66. The average molecular weight is 352 g/mol. The van der Waals surface area contributed by atoms with Gasteiger partial charge in [-0.3, -0.25) is 14.5 Å². The van der Waals surface area contributed by atoms with Gasteiger partial charge in [0, 0.05) is 39.6 Å². The van der Waals surface area contributed by atoms with Gasteiger partial charge in [-0.15, -0.1) is 0 Å². The first-order chi connectivity index (χ1) is 12.5. The summed E-state index contributed by atoms with van der Waals surface area (Å²) < 4.78 is 5.17.